The monoisotopic (exact) mass is 407 g/mol. The lowest BCUT2D eigenvalue weighted by atomic mass is 10.1. The van der Waals surface area contributed by atoms with Gasteiger partial charge in [0.1, 0.15) is 6.26 Å². The fourth-order valence-corrected chi connectivity index (χ4v) is 3.20. The van der Waals surface area contributed by atoms with E-state index in [0.717, 1.165) is 10.8 Å². The van der Waals surface area contributed by atoms with E-state index in [0.29, 0.717) is 30.5 Å². The average molecular weight is 408 g/mol. The number of benzene rings is 2. The maximum Gasteiger partial charge on any atom is 0.273 e. The minimum absolute atomic E-state index is 0.0848. The maximum absolute atomic E-state index is 13.2. The number of nitrogens with zero attached hydrogens (tertiary/aromatic N) is 2. The maximum atomic E-state index is 13.2. The van der Waals surface area contributed by atoms with Gasteiger partial charge in [-0.2, -0.15) is 0 Å². The second kappa shape index (κ2) is 9.57. The minimum atomic E-state index is -0.269. The lowest BCUT2D eigenvalue weighted by molar-refractivity contribution is 0.0707. The highest BCUT2D eigenvalue weighted by molar-refractivity contribution is 5.98. The molecule has 2 aromatic carbocycles. The number of fused-ring (bicyclic) bond motifs is 1. The van der Waals surface area contributed by atoms with E-state index in [1.165, 1.54) is 6.26 Å². The molecule has 1 aromatic heterocycles. The van der Waals surface area contributed by atoms with Gasteiger partial charge in [0.2, 0.25) is 5.89 Å². The Kier molecular flexibility index (Phi) is 6.87. The van der Waals surface area contributed by atoms with Gasteiger partial charge in [-0.15, -0.1) is 0 Å². The normalized spacial score (nSPS) is 11.3. The van der Waals surface area contributed by atoms with Gasteiger partial charge in [-0.25, -0.2) is 4.98 Å². The second-order valence-corrected chi connectivity index (χ2v) is 8.37. The Hall–Kier alpha value is -3.15. The summed E-state index contributed by atoms with van der Waals surface area (Å²) in [5, 5.41) is 4.93. The molecule has 3 aromatic rings. The minimum Gasteiger partial charge on any atom is -0.446 e. The molecule has 0 radical (unpaired) electrons. The first-order chi connectivity index (χ1) is 14.3. The first kappa shape index (κ1) is 21.6. The zero-order chi connectivity index (χ0) is 21.7. The molecule has 0 atom stereocenters. The molecule has 0 aliphatic rings. The molecule has 3 rings (SSSR count). The Morgan fingerprint density at radius 2 is 1.77 bits per heavy atom. The van der Waals surface area contributed by atoms with Crippen molar-refractivity contribution in [1.29, 1.82) is 0 Å². The van der Waals surface area contributed by atoms with E-state index in [1.807, 2.05) is 56.3 Å². The van der Waals surface area contributed by atoms with Crippen LogP contribution in [0.4, 0.5) is 0 Å². The van der Waals surface area contributed by atoms with Crippen LogP contribution in [0.25, 0.3) is 10.8 Å². The second-order valence-electron chi connectivity index (χ2n) is 8.37. The van der Waals surface area contributed by atoms with Crippen LogP contribution in [-0.2, 0) is 6.54 Å². The largest absolute Gasteiger partial charge is 0.446 e. The molecule has 6 heteroatoms. The van der Waals surface area contributed by atoms with Crippen molar-refractivity contribution in [3.05, 3.63) is 65.9 Å². The summed E-state index contributed by atoms with van der Waals surface area (Å²) in [6.07, 6.45) is 1.35. The summed E-state index contributed by atoms with van der Waals surface area (Å²) in [7, 11) is 0. The van der Waals surface area contributed by atoms with E-state index in [-0.39, 0.29) is 30.0 Å². The standard InChI is InChI=1S/C24H29N3O3/c1-16(2)12-25-23(28)21-15-30-22(26-21)14-27(13-17(3)4)24(29)20-10-9-18-7-5-6-8-19(18)11-20/h5-11,15-17H,12-14H2,1-4H3,(H,25,28). The number of carbonyl (C=O) groups is 2. The third kappa shape index (κ3) is 5.47. The van der Waals surface area contributed by atoms with Gasteiger partial charge in [0.15, 0.2) is 5.69 Å². The lowest BCUT2D eigenvalue weighted by Crippen LogP contribution is -2.34. The van der Waals surface area contributed by atoms with Gasteiger partial charge in [-0.3, -0.25) is 9.59 Å². The molecular weight excluding hydrogens is 378 g/mol. The Morgan fingerprint density at radius 1 is 1.03 bits per heavy atom. The van der Waals surface area contributed by atoms with E-state index >= 15 is 0 Å². The smallest absolute Gasteiger partial charge is 0.273 e. The summed E-state index contributed by atoms with van der Waals surface area (Å²) in [6, 6.07) is 13.7. The van der Waals surface area contributed by atoms with Gasteiger partial charge in [0.05, 0.1) is 6.54 Å². The highest BCUT2D eigenvalue weighted by atomic mass is 16.3. The fourth-order valence-electron chi connectivity index (χ4n) is 3.20. The van der Waals surface area contributed by atoms with E-state index in [4.69, 9.17) is 4.42 Å². The molecule has 0 aliphatic heterocycles. The first-order valence-electron chi connectivity index (χ1n) is 10.3. The predicted octanol–water partition coefficient (Wildman–Crippen LogP) is 4.51. The molecule has 0 aliphatic carbocycles. The fraction of sp³-hybridized carbons (Fsp3) is 0.375. The molecule has 0 spiro atoms. The molecule has 2 amide bonds. The van der Waals surface area contributed by atoms with Crippen LogP contribution in [0.15, 0.2) is 53.1 Å². The van der Waals surface area contributed by atoms with Crippen LogP contribution in [-0.4, -0.2) is 34.8 Å². The van der Waals surface area contributed by atoms with Crippen LogP contribution in [0.5, 0.6) is 0 Å². The van der Waals surface area contributed by atoms with Crippen molar-refractivity contribution in [3.8, 4) is 0 Å². The zero-order valence-corrected chi connectivity index (χ0v) is 18.0. The van der Waals surface area contributed by atoms with Gasteiger partial charge in [-0.1, -0.05) is 58.0 Å². The summed E-state index contributed by atoms with van der Waals surface area (Å²) in [6.45, 7) is 9.50. The molecular formula is C24H29N3O3. The van der Waals surface area contributed by atoms with Crippen LogP contribution >= 0.6 is 0 Å². The van der Waals surface area contributed by atoms with E-state index in [9.17, 15) is 9.59 Å². The summed E-state index contributed by atoms with van der Waals surface area (Å²) in [5.74, 6) is 0.618. The molecule has 0 saturated carbocycles. The number of carbonyl (C=O) groups excluding carboxylic acids is 2. The van der Waals surface area contributed by atoms with Crippen molar-refractivity contribution in [2.45, 2.75) is 34.2 Å². The van der Waals surface area contributed by atoms with Crippen LogP contribution in [0, 0.1) is 11.8 Å². The van der Waals surface area contributed by atoms with E-state index in [2.05, 4.69) is 24.1 Å². The van der Waals surface area contributed by atoms with Gasteiger partial charge in [0, 0.05) is 18.7 Å². The lowest BCUT2D eigenvalue weighted by Gasteiger charge is -2.23. The quantitative estimate of drug-likeness (QED) is 0.596. The van der Waals surface area contributed by atoms with Crippen LogP contribution in [0.1, 0.15) is 54.4 Å². The summed E-state index contributed by atoms with van der Waals surface area (Å²) in [4.78, 5) is 31.4. The van der Waals surface area contributed by atoms with Crippen molar-refractivity contribution < 1.29 is 14.0 Å². The van der Waals surface area contributed by atoms with Gasteiger partial charge >= 0.3 is 0 Å². The summed E-state index contributed by atoms with van der Waals surface area (Å²) in [5.41, 5.74) is 0.851. The number of aromatic nitrogens is 1. The molecule has 0 unspecified atom stereocenters. The molecule has 30 heavy (non-hydrogen) atoms. The van der Waals surface area contributed by atoms with Crippen molar-refractivity contribution in [1.82, 2.24) is 15.2 Å². The molecule has 158 valence electrons. The van der Waals surface area contributed by atoms with Gasteiger partial charge < -0.3 is 14.6 Å². The van der Waals surface area contributed by atoms with Crippen LogP contribution in [0.2, 0.25) is 0 Å². The van der Waals surface area contributed by atoms with Crippen molar-refractivity contribution in [2.75, 3.05) is 13.1 Å². The molecule has 1 N–H and O–H groups in total. The number of nitrogens with one attached hydrogen (secondary N) is 1. The van der Waals surface area contributed by atoms with Crippen LogP contribution in [0.3, 0.4) is 0 Å². The first-order valence-corrected chi connectivity index (χ1v) is 10.3. The van der Waals surface area contributed by atoms with E-state index < -0.39 is 0 Å². The Morgan fingerprint density at radius 3 is 2.47 bits per heavy atom. The average Bonchev–Trinajstić information content (AvgIpc) is 3.19. The number of rotatable bonds is 8. The highest BCUT2D eigenvalue weighted by Crippen LogP contribution is 2.19. The number of amides is 2. The highest BCUT2D eigenvalue weighted by Gasteiger charge is 2.21. The molecule has 0 fully saturated rings. The SMILES string of the molecule is CC(C)CNC(=O)c1coc(CN(CC(C)C)C(=O)c2ccc3ccccc3c2)n1. The van der Waals surface area contributed by atoms with Crippen LogP contribution < -0.4 is 5.32 Å². The van der Waals surface area contributed by atoms with E-state index in [1.54, 1.807) is 4.90 Å². The molecule has 6 nitrogen and oxygen atoms in total. The van der Waals surface area contributed by atoms with Gasteiger partial charge in [-0.05, 0) is 34.7 Å². The van der Waals surface area contributed by atoms with Crippen molar-refractivity contribution >= 4 is 22.6 Å². The third-order valence-electron chi connectivity index (χ3n) is 4.65. The third-order valence-corrected chi connectivity index (χ3v) is 4.65. The zero-order valence-electron chi connectivity index (χ0n) is 18.0. The predicted molar refractivity (Wildman–Crippen MR) is 117 cm³/mol. The van der Waals surface area contributed by atoms with Gasteiger partial charge in [0.25, 0.3) is 11.8 Å². The number of oxazole rings is 1. The van der Waals surface area contributed by atoms with Crippen molar-refractivity contribution in [2.24, 2.45) is 11.8 Å². The summed E-state index contributed by atoms with van der Waals surface area (Å²) >= 11 is 0. The Balaban J connectivity index is 1.77. The number of hydrogen-bond acceptors (Lipinski definition) is 4. The summed E-state index contributed by atoms with van der Waals surface area (Å²) < 4.78 is 5.50. The number of hydrogen-bond donors (Lipinski definition) is 1. The topological polar surface area (TPSA) is 75.4 Å². The molecule has 0 saturated heterocycles. The molecule has 1 heterocycles. The molecule has 0 bridgehead atoms. The Bertz CT molecular complexity index is 1020. The van der Waals surface area contributed by atoms with Crippen molar-refractivity contribution in [3.63, 3.8) is 0 Å². The Labute approximate surface area is 177 Å².